The molecule has 2 aromatic rings. The first kappa shape index (κ1) is 14.5. The molecule has 1 unspecified atom stereocenters. The van der Waals surface area contributed by atoms with Gasteiger partial charge in [0.1, 0.15) is 5.82 Å². The van der Waals surface area contributed by atoms with Crippen molar-refractivity contribution in [2.75, 3.05) is 6.54 Å². The van der Waals surface area contributed by atoms with E-state index < -0.39 is 0 Å². The third kappa shape index (κ3) is 3.78. The fraction of sp³-hybridized carbons (Fsp3) is 0.200. The summed E-state index contributed by atoms with van der Waals surface area (Å²) in [5, 5.41) is 0.711. The number of halogens is 3. The van der Waals surface area contributed by atoms with Crippen LogP contribution in [0.3, 0.4) is 0 Å². The van der Waals surface area contributed by atoms with Gasteiger partial charge in [0.25, 0.3) is 0 Å². The molecule has 2 aromatic carbocycles. The molecule has 0 heterocycles. The molecule has 0 aromatic heterocycles. The molecule has 0 radical (unpaired) electrons. The first-order valence-electron chi connectivity index (χ1n) is 5.99. The molecule has 0 aliphatic carbocycles. The van der Waals surface area contributed by atoms with E-state index >= 15 is 0 Å². The maximum Gasteiger partial charge on any atom is 0.124 e. The summed E-state index contributed by atoms with van der Waals surface area (Å²) in [7, 11) is 0. The van der Waals surface area contributed by atoms with Crippen molar-refractivity contribution in [1.82, 2.24) is 0 Å². The van der Waals surface area contributed by atoms with E-state index in [2.05, 4.69) is 15.9 Å². The van der Waals surface area contributed by atoms with E-state index in [-0.39, 0.29) is 11.7 Å². The van der Waals surface area contributed by atoms with Crippen molar-refractivity contribution >= 4 is 27.5 Å². The summed E-state index contributed by atoms with van der Waals surface area (Å²) < 4.78 is 13.8. The van der Waals surface area contributed by atoms with Crippen LogP contribution in [0.5, 0.6) is 0 Å². The first-order chi connectivity index (χ1) is 9.10. The highest BCUT2D eigenvalue weighted by Crippen LogP contribution is 2.26. The van der Waals surface area contributed by atoms with Crippen LogP contribution in [0, 0.1) is 5.82 Å². The Morgan fingerprint density at radius 3 is 2.42 bits per heavy atom. The summed E-state index contributed by atoms with van der Waals surface area (Å²) >= 11 is 9.27. The standard InChI is InChI=1S/C15H14BrClFN/c16-15-8-14(18)6-3-11(15)7-12(9-19)10-1-4-13(17)5-2-10/h1-6,8,12H,7,9,19H2. The van der Waals surface area contributed by atoms with Crippen LogP contribution in [0.25, 0.3) is 0 Å². The van der Waals surface area contributed by atoms with Crippen LogP contribution < -0.4 is 5.73 Å². The zero-order valence-corrected chi connectivity index (χ0v) is 12.6. The molecule has 0 aliphatic rings. The molecule has 1 atom stereocenters. The van der Waals surface area contributed by atoms with Crippen molar-refractivity contribution in [1.29, 1.82) is 0 Å². The molecule has 0 spiro atoms. The summed E-state index contributed by atoms with van der Waals surface area (Å²) in [6.07, 6.45) is 0.763. The van der Waals surface area contributed by atoms with Gasteiger partial charge in [-0.05, 0) is 48.4 Å². The quantitative estimate of drug-likeness (QED) is 0.868. The van der Waals surface area contributed by atoms with Crippen molar-refractivity contribution in [3.63, 3.8) is 0 Å². The summed E-state index contributed by atoms with van der Waals surface area (Å²) in [5.41, 5.74) is 8.04. The third-order valence-corrected chi connectivity index (χ3v) is 4.10. The van der Waals surface area contributed by atoms with Crippen molar-refractivity contribution in [3.05, 3.63) is 68.9 Å². The van der Waals surface area contributed by atoms with Crippen molar-refractivity contribution in [2.45, 2.75) is 12.3 Å². The average Bonchev–Trinajstić information content (AvgIpc) is 2.39. The molecular formula is C15H14BrClFN. The Labute approximate surface area is 125 Å². The van der Waals surface area contributed by atoms with Gasteiger partial charge in [0.15, 0.2) is 0 Å². The average molecular weight is 343 g/mol. The fourth-order valence-corrected chi connectivity index (χ4v) is 2.66. The van der Waals surface area contributed by atoms with Crippen LogP contribution in [0.2, 0.25) is 5.02 Å². The van der Waals surface area contributed by atoms with Gasteiger partial charge in [-0.1, -0.05) is 45.7 Å². The second-order valence-electron chi connectivity index (χ2n) is 4.42. The summed E-state index contributed by atoms with van der Waals surface area (Å²) in [5.74, 6) is -0.0505. The van der Waals surface area contributed by atoms with Crippen LogP contribution in [-0.4, -0.2) is 6.54 Å². The number of rotatable bonds is 4. The second kappa shape index (κ2) is 6.51. The Morgan fingerprint density at radius 1 is 1.16 bits per heavy atom. The minimum atomic E-state index is -0.244. The molecular weight excluding hydrogens is 329 g/mol. The maximum atomic E-state index is 13.1. The Bertz CT molecular complexity index is 557. The lowest BCUT2D eigenvalue weighted by Gasteiger charge is -2.16. The van der Waals surface area contributed by atoms with Gasteiger partial charge >= 0.3 is 0 Å². The van der Waals surface area contributed by atoms with Crippen LogP contribution >= 0.6 is 27.5 Å². The van der Waals surface area contributed by atoms with Gasteiger partial charge in [-0.3, -0.25) is 0 Å². The van der Waals surface area contributed by atoms with Gasteiger partial charge in [-0.15, -0.1) is 0 Å². The molecule has 0 amide bonds. The van der Waals surface area contributed by atoms with Crippen molar-refractivity contribution < 1.29 is 4.39 Å². The number of nitrogens with two attached hydrogens (primary N) is 1. The number of benzene rings is 2. The predicted molar refractivity (Wildman–Crippen MR) is 81.1 cm³/mol. The highest BCUT2D eigenvalue weighted by molar-refractivity contribution is 9.10. The molecule has 0 aliphatic heterocycles. The van der Waals surface area contributed by atoms with Crippen LogP contribution in [0.15, 0.2) is 46.9 Å². The van der Waals surface area contributed by atoms with Crippen LogP contribution in [0.4, 0.5) is 4.39 Å². The Kier molecular flexibility index (Phi) is 4.97. The summed E-state index contributed by atoms with van der Waals surface area (Å²) in [6.45, 7) is 0.533. The number of hydrogen-bond donors (Lipinski definition) is 1. The van der Waals surface area contributed by atoms with Gasteiger partial charge in [-0.2, -0.15) is 0 Å². The molecule has 1 nitrogen and oxygen atoms in total. The Balaban J connectivity index is 2.21. The minimum absolute atomic E-state index is 0.194. The van der Waals surface area contributed by atoms with E-state index in [1.807, 2.05) is 24.3 Å². The largest absolute Gasteiger partial charge is 0.330 e. The van der Waals surface area contributed by atoms with E-state index in [1.54, 1.807) is 6.07 Å². The first-order valence-corrected chi connectivity index (χ1v) is 7.16. The lowest BCUT2D eigenvalue weighted by atomic mass is 9.92. The molecule has 0 fully saturated rings. The van der Waals surface area contributed by atoms with Crippen LogP contribution in [0.1, 0.15) is 17.0 Å². The Hall–Kier alpha value is -0.900. The van der Waals surface area contributed by atoms with E-state index in [1.165, 1.54) is 12.1 Å². The zero-order chi connectivity index (χ0) is 13.8. The van der Waals surface area contributed by atoms with Gasteiger partial charge in [0.05, 0.1) is 0 Å². The van der Waals surface area contributed by atoms with E-state index in [0.717, 1.165) is 22.0 Å². The van der Waals surface area contributed by atoms with Gasteiger partial charge < -0.3 is 5.73 Å². The predicted octanol–water partition coefficient (Wildman–Crippen LogP) is 4.53. The molecule has 2 rings (SSSR count). The maximum absolute atomic E-state index is 13.1. The molecule has 4 heteroatoms. The highest BCUT2D eigenvalue weighted by Gasteiger charge is 2.13. The van der Waals surface area contributed by atoms with E-state index in [4.69, 9.17) is 17.3 Å². The van der Waals surface area contributed by atoms with Gasteiger partial charge in [0.2, 0.25) is 0 Å². The molecule has 0 bridgehead atoms. The van der Waals surface area contributed by atoms with Crippen molar-refractivity contribution in [2.24, 2.45) is 5.73 Å². The summed E-state index contributed by atoms with van der Waals surface area (Å²) in [4.78, 5) is 0. The van der Waals surface area contributed by atoms with E-state index in [9.17, 15) is 4.39 Å². The topological polar surface area (TPSA) is 26.0 Å². The van der Waals surface area contributed by atoms with Gasteiger partial charge in [0, 0.05) is 15.4 Å². The summed E-state index contributed by atoms with van der Waals surface area (Å²) in [6, 6.07) is 12.4. The minimum Gasteiger partial charge on any atom is -0.330 e. The monoisotopic (exact) mass is 341 g/mol. The second-order valence-corrected chi connectivity index (χ2v) is 5.71. The highest BCUT2D eigenvalue weighted by atomic mass is 79.9. The lowest BCUT2D eigenvalue weighted by molar-refractivity contribution is 0.624. The lowest BCUT2D eigenvalue weighted by Crippen LogP contribution is -2.15. The normalized spacial score (nSPS) is 12.4. The zero-order valence-electron chi connectivity index (χ0n) is 10.2. The molecule has 19 heavy (non-hydrogen) atoms. The van der Waals surface area contributed by atoms with E-state index in [0.29, 0.717) is 11.6 Å². The smallest absolute Gasteiger partial charge is 0.124 e. The van der Waals surface area contributed by atoms with Crippen LogP contribution in [-0.2, 0) is 6.42 Å². The molecule has 0 saturated carbocycles. The van der Waals surface area contributed by atoms with Crippen molar-refractivity contribution in [3.8, 4) is 0 Å². The third-order valence-electron chi connectivity index (χ3n) is 3.11. The SMILES string of the molecule is NCC(Cc1ccc(F)cc1Br)c1ccc(Cl)cc1. The molecule has 2 N–H and O–H groups in total. The van der Waals surface area contributed by atoms with Gasteiger partial charge in [-0.25, -0.2) is 4.39 Å². The molecule has 0 saturated heterocycles. The molecule has 100 valence electrons. The fourth-order valence-electron chi connectivity index (χ4n) is 2.02. The Morgan fingerprint density at radius 2 is 1.84 bits per heavy atom. The number of hydrogen-bond acceptors (Lipinski definition) is 1.